The lowest BCUT2D eigenvalue weighted by Gasteiger charge is -2.12. The first-order chi connectivity index (χ1) is 12.5. The van der Waals surface area contributed by atoms with Gasteiger partial charge in [0.15, 0.2) is 0 Å². The number of carbonyl (C=O) groups is 3. The number of benzene rings is 2. The quantitative estimate of drug-likeness (QED) is 0.779. The second-order valence-corrected chi connectivity index (χ2v) is 6.57. The minimum Gasteiger partial charge on any atom is -0.329 e. The van der Waals surface area contributed by atoms with E-state index in [-0.39, 0.29) is 17.0 Å². The van der Waals surface area contributed by atoms with Gasteiger partial charge in [-0.05, 0) is 42.2 Å². The van der Waals surface area contributed by atoms with Gasteiger partial charge in [-0.15, -0.1) is 0 Å². The van der Waals surface area contributed by atoms with Crippen molar-refractivity contribution in [3.05, 3.63) is 69.7 Å². The summed E-state index contributed by atoms with van der Waals surface area (Å²) < 4.78 is 0. The van der Waals surface area contributed by atoms with E-state index in [9.17, 15) is 14.4 Å². The van der Waals surface area contributed by atoms with Gasteiger partial charge in [0.05, 0.1) is 27.6 Å². The van der Waals surface area contributed by atoms with E-state index in [1.165, 1.54) is 12.1 Å². The van der Waals surface area contributed by atoms with E-state index in [1.54, 1.807) is 30.3 Å². The molecule has 0 radical (unpaired) electrons. The van der Waals surface area contributed by atoms with Crippen LogP contribution in [0.3, 0.4) is 0 Å². The van der Waals surface area contributed by atoms with Crippen molar-refractivity contribution >= 4 is 29.4 Å². The minimum atomic E-state index is -0.644. The Bertz CT molecular complexity index is 976. The Morgan fingerprint density at radius 1 is 1.15 bits per heavy atom. The van der Waals surface area contributed by atoms with E-state index in [0.29, 0.717) is 22.1 Å². The highest BCUT2D eigenvalue weighted by molar-refractivity contribution is 6.31. The molecule has 1 fully saturated rings. The van der Waals surface area contributed by atoms with Crippen LogP contribution < -0.4 is 0 Å². The summed E-state index contributed by atoms with van der Waals surface area (Å²) in [5.74, 6) is -2.52. The molecule has 1 heterocycles. The molecular formula is C19H11ClN2O4. The zero-order valence-electron chi connectivity index (χ0n) is 13.3. The van der Waals surface area contributed by atoms with E-state index >= 15 is 0 Å². The number of fused-ring (bicyclic) bond motifs is 1. The molecule has 0 saturated heterocycles. The van der Waals surface area contributed by atoms with Crippen molar-refractivity contribution in [1.82, 2.24) is 5.06 Å². The Labute approximate surface area is 153 Å². The molecule has 0 aromatic heterocycles. The van der Waals surface area contributed by atoms with E-state index in [1.807, 2.05) is 6.07 Å². The van der Waals surface area contributed by atoms with Crippen LogP contribution in [0.4, 0.5) is 0 Å². The van der Waals surface area contributed by atoms with Crippen LogP contribution >= 0.6 is 11.6 Å². The highest BCUT2D eigenvalue weighted by Gasteiger charge is 2.48. The molecular weight excluding hydrogens is 356 g/mol. The van der Waals surface area contributed by atoms with Crippen LogP contribution in [-0.4, -0.2) is 22.8 Å². The van der Waals surface area contributed by atoms with Crippen molar-refractivity contribution in [1.29, 1.82) is 5.26 Å². The van der Waals surface area contributed by atoms with Crippen molar-refractivity contribution in [3.63, 3.8) is 0 Å². The number of nitrogens with zero attached hydrogens (tertiary/aromatic N) is 2. The average molecular weight is 367 g/mol. The van der Waals surface area contributed by atoms with Crippen molar-refractivity contribution in [2.75, 3.05) is 0 Å². The molecule has 6 nitrogen and oxygen atoms in total. The third-order valence-corrected chi connectivity index (χ3v) is 4.90. The average Bonchev–Trinajstić information content (AvgIpc) is 3.42. The Kier molecular flexibility index (Phi) is 3.74. The van der Waals surface area contributed by atoms with Gasteiger partial charge in [-0.1, -0.05) is 34.9 Å². The largest absolute Gasteiger partial charge is 0.336 e. The monoisotopic (exact) mass is 366 g/mol. The normalized spacial score (nSPS) is 20.5. The lowest BCUT2D eigenvalue weighted by molar-refractivity contribution is -0.170. The zero-order valence-corrected chi connectivity index (χ0v) is 14.1. The molecule has 2 atom stereocenters. The summed E-state index contributed by atoms with van der Waals surface area (Å²) in [6.45, 7) is 0. The Hall–Kier alpha value is -3.17. The first kappa shape index (κ1) is 16.3. The molecule has 1 aliphatic heterocycles. The van der Waals surface area contributed by atoms with Crippen LogP contribution in [0, 0.1) is 17.2 Å². The molecule has 0 bridgehead atoms. The van der Waals surface area contributed by atoms with E-state index in [0.717, 1.165) is 5.56 Å². The lowest BCUT2D eigenvalue weighted by atomic mass is 10.1. The maximum Gasteiger partial charge on any atom is 0.336 e. The van der Waals surface area contributed by atoms with Gasteiger partial charge in [-0.2, -0.15) is 5.26 Å². The van der Waals surface area contributed by atoms with Crippen LogP contribution in [0.5, 0.6) is 0 Å². The van der Waals surface area contributed by atoms with E-state index in [4.69, 9.17) is 21.7 Å². The van der Waals surface area contributed by atoms with E-state index in [2.05, 4.69) is 0 Å². The van der Waals surface area contributed by atoms with Crippen molar-refractivity contribution in [2.24, 2.45) is 5.92 Å². The first-order valence-corrected chi connectivity index (χ1v) is 8.28. The minimum absolute atomic E-state index is 0.123. The van der Waals surface area contributed by atoms with Gasteiger partial charge < -0.3 is 4.84 Å². The van der Waals surface area contributed by atoms with Crippen LogP contribution in [0.15, 0.2) is 42.5 Å². The van der Waals surface area contributed by atoms with Gasteiger partial charge in [0.25, 0.3) is 11.8 Å². The third kappa shape index (κ3) is 2.54. The number of halogens is 1. The molecule has 0 spiro atoms. The summed E-state index contributed by atoms with van der Waals surface area (Å²) in [4.78, 5) is 41.9. The molecule has 26 heavy (non-hydrogen) atoms. The summed E-state index contributed by atoms with van der Waals surface area (Å²) in [5, 5.41) is 9.91. The number of hydrogen-bond acceptors (Lipinski definition) is 5. The molecule has 7 heteroatoms. The molecule has 2 aliphatic rings. The first-order valence-electron chi connectivity index (χ1n) is 7.90. The molecule has 2 amide bonds. The maximum atomic E-state index is 12.3. The fraction of sp³-hybridized carbons (Fsp3) is 0.158. The molecule has 1 saturated carbocycles. The summed E-state index contributed by atoms with van der Waals surface area (Å²) in [6.07, 6.45) is 0.522. The van der Waals surface area contributed by atoms with Crippen LogP contribution in [0.2, 0.25) is 5.02 Å². The van der Waals surface area contributed by atoms with Crippen LogP contribution in [0.1, 0.15) is 44.2 Å². The number of rotatable bonds is 3. The third-order valence-electron chi connectivity index (χ3n) is 4.57. The fourth-order valence-electron chi connectivity index (χ4n) is 3.09. The number of imide groups is 1. The Morgan fingerprint density at radius 2 is 1.81 bits per heavy atom. The summed E-state index contributed by atoms with van der Waals surface area (Å²) in [6, 6.07) is 13.3. The summed E-state index contributed by atoms with van der Waals surface area (Å²) in [5.41, 5.74) is 1.57. The number of carbonyl (C=O) groups excluding carboxylic acids is 3. The molecule has 0 N–H and O–H groups in total. The Balaban J connectivity index is 1.47. The number of hydroxylamine groups is 2. The number of amides is 2. The van der Waals surface area contributed by atoms with Gasteiger partial charge >= 0.3 is 5.97 Å². The van der Waals surface area contributed by atoms with Gasteiger partial charge in [0.1, 0.15) is 6.07 Å². The van der Waals surface area contributed by atoms with Crippen molar-refractivity contribution < 1.29 is 19.2 Å². The predicted molar refractivity (Wildman–Crippen MR) is 90.0 cm³/mol. The summed E-state index contributed by atoms with van der Waals surface area (Å²) in [7, 11) is 0. The van der Waals surface area contributed by atoms with Gasteiger partial charge in [-0.25, -0.2) is 4.79 Å². The maximum absolute atomic E-state index is 12.3. The Morgan fingerprint density at radius 3 is 2.42 bits per heavy atom. The predicted octanol–water partition coefficient (Wildman–Crippen LogP) is 3.07. The van der Waals surface area contributed by atoms with Crippen molar-refractivity contribution in [3.8, 4) is 6.07 Å². The van der Waals surface area contributed by atoms with Crippen molar-refractivity contribution in [2.45, 2.75) is 12.3 Å². The smallest absolute Gasteiger partial charge is 0.329 e. The van der Waals surface area contributed by atoms with E-state index < -0.39 is 23.7 Å². The van der Waals surface area contributed by atoms with Crippen LogP contribution in [0.25, 0.3) is 0 Å². The standard InChI is InChI=1S/C19H11ClN2O4/c20-16-6-5-10(7-11(16)9-21)14-8-15(14)19(25)26-22-17(23)12-3-1-2-4-13(12)18(22)24/h1-7,14-15H,8H2/t14-,15+/m1/s1. The second-order valence-electron chi connectivity index (χ2n) is 6.16. The summed E-state index contributed by atoms with van der Waals surface area (Å²) >= 11 is 5.91. The number of nitriles is 1. The SMILES string of the molecule is N#Cc1cc([C@H]2C[C@@H]2C(=O)ON2C(=O)c3ccccc3C2=O)ccc1Cl. The molecule has 1 aliphatic carbocycles. The number of hydrogen-bond donors (Lipinski definition) is 0. The van der Waals surface area contributed by atoms with Gasteiger partial charge in [-0.3, -0.25) is 9.59 Å². The molecule has 2 aromatic carbocycles. The van der Waals surface area contributed by atoms with Gasteiger partial charge in [0, 0.05) is 0 Å². The fourth-order valence-corrected chi connectivity index (χ4v) is 3.25. The highest BCUT2D eigenvalue weighted by Crippen LogP contribution is 2.49. The molecule has 128 valence electrons. The van der Waals surface area contributed by atoms with Crippen LogP contribution in [-0.2, 0) is 9.63 Å². The highest BCUT2D eigenvalue weighted by atomic mass is 35.5. The zero-order chi connectivity index (χ0) is 18.4. The molecule has 0 unspecified atom stereocenters. The molecule has 4 rings (SSSR count). The van der Waals surface area contributed by atoms with Gasteiger partial charge in [0.2, 0.25) is 0 Å². The topological polar surface area (TPSA) is 87.5 Å². The molecule has 2 aromatic rings. The second kappa shape index (κ2) is 5.97. The lowest BCUT2D eigenvalue weighted by Crippen LogP contribution is -2.33.